The van der Waals surface area contributed by atoms with Gasteiger partial charge in [0.25, 0.3) is 5.75 Å². The first kappa shape index (κ1) is 10.0. The monoisotopic (exact) mass is 202 g/mol. The molecule has 0 radical (unpaired) electrons. The molecular weight excluding hydrogens is 196 g/mol. The lowest BCUT2D eigenvalue weighted by Crippen LogP contribution is -2.63. The maximum Gasteiger partial charge on any atom is 0.295 e. The van der Waals surface area contributed by atoms with Gasteiger partial charge in [0.1, 0.15) is 10.2 Å². The molecule has 5 heteroatoms. The molecule has 0 aliphatic heterocycles. The second-order valence-electron chi connectivity index (χ2n) is 2.20. The Morgan fingerprint density at radius 3 is 2.38 bits per heavy atom. The molecule has 0 aromatic heterocycles. The summed E-state index contributed by atoms with van der Waals surface area (Å²) in [6, 6.07) is 6.20. The fourth-order valence-electron chi connectivity index (χ4n) is 0.821. The molecular formula is C8H7ClO4. The van der Waals surface area contributed by atoms with Crippen LogP contribution in [0.25, 0.3) is 6.08 Å². The van der Waals surface area contributed by atoms with Crippen molar-refractivity contribution in [3.8, 4) is 5.75 Å². The Morgan fingerprint density at radius 1 is 1.23 bits per heavy atom. The maximum atomic E-state index is 10.2. The van der Waals surface area contributed by atoms with E-state index in [2.05, 4.69) is 10.9 Å². The highest BCUT2D eigenvalue weighted by Gasteiger charge is 2.20. The normalized spacial score (nSPS) is 11.0. The summed E-state index contributed by atoms with van der Waals surface area (Å²) in [5.74, 6) is -0.0193. The van der Waals surface area contributed by atoms with Crippen LogP contribution in [0.4, 0.5) is 0 Å². The first-order valence-corrected chi connectivity index (χ1v) is 4.58. The number of rotatable bonds is 3. The van der Waals surface area contributed by atoms with Crippen molar-refractivity contribution in [2.24, 2.45) is 0 Å². The van der Waals surface area contributed by atoms with Gasteiger partial charge in [-0.3, -0.25) is 0 Å². The number of benzene rings is 1. The molecule has 1 aromatic carbocycles. The van der Waals surface area contributed by atoms with Crippen molar-refractivity contribution >= 4 is 6.08 Å². The quantitative estimate of drug-likeness (QED) is 0.604. The maximum absolute atomic E-state index is 10.2. The summed E-state index contributed by atoms with van der Waals surface area (Å²) in [4.78, 5) is 0. The minimum Gasteiger partial charge on any atom is -0.167 e. The van der Waals surface area contributed by atoms with Crippen LogP contribution in [-0.4, -0.2) is 0 Å². The topological polar surface area (TPSA) is 78.4 Å². The third kappa shape index (κ3) is 3.04. The number of hydrogen-bond donors (Lipinski definition) is 0. The van der Waals surface area contributed by atoms with Gasteiger partial charge in [0.15, 0.2) is 0 Å². The van der Waals surface area contributed by atoms with Gasteiger partial charge in [0, 0.05) is 5.56 Å². The molecule has 4 nitrogen and oxygen atoms in total. The van der Waals surface area contributed by atoms with Crippen molar-refractivity contribution < 1.29 is 28.5 Å². The van der Waals surface area contributed by atoms with Crippen LogP contribution in [0, 0.1) is 10.2 Å². The van der Waals surface area contributed by atoms with Gasteiger partial charge >= 0.3 is 0 Å². The molecule has 0 heterocycles. The summed E-state index contributed by atoms with van der Waals surface area (Å²) in [6.45, 7) is 3.44. The predicted octanol–water partition coefficient (Wildman–Crippen LogP) is -1.39. The van der Waals surface area contributed by atoms with E-state index >= 15 is 0 Å². The van der Waals surface area contributed by atoms with E-state index < -0.39 is 10.2 Å². The molecule has 0 spiro atoms. The summed E-state index contributed by atoms with van der Waals surface area (Å²) in [5, 5.41) is 0. The van der Waals surface area contributed by atoms with Crippen LogP contribution in [0.3, 0.4) is 0 Å². The van der Waals surface area contributed by atoms with Gasteiger partial charge in [-0.2, -0.15) is 14.0 Å². The van der Waals surface area contributed by atoms with Gasteiger partial charge < -0.3 is 0 Å². The minimum absolute atomic E-state index is 0.0193. The smallest absolute Gasteiger partial charge is 0.167 e. The van der Waals surface area contributed by atoms with Crippen LogP contribution in [-0.2, 0) is 0 Å². The second-order valence-corrected chi connectivity index (χ2v) is 3.11. The standard InChI is InChI=1S/C8H7ClO4/c1-2-7-5-3-4-6-8(7)13-9(10,11)12/h2-6H,1H2. The molecule has 0 saturated carbocycles. The SMILES string of the molecule is C=Cc1ccccc1O[Cl+3]([O-])([O-])[O-]. The molecule has 0 amide bonds. The summed E-state index contributed by atoms with van der Waals surface area (Å²) in [6.07, 6.45) is 1.40. The van der Waals surface area contributed by atoms with Crippen LogP contribution in [0.5, 0.6) is 5.75 Å². The van der Waals surface area contributed by atoms with E-state index in [9.17, 15) is 14.0 Å². The van der Waals surface area contributed by atoms with Crippen LogP contribution < -0.4 is 18.3 Å². The first-order chi connectivity index (χ1) is 6.03. The Kier molecular flexibility index (Phi) is 2.90. The number of halogens is 1. The number of hydrogen-bond acceptors (Lipinski definition) is 4. The molecule has 0 unspecified atom stereocenters. The third-order valence-electron chi connectivity index (χ3n) is 1.32. The van der Waals surface area contributed by atoms with E-state index in [-0.39, 0.29) is 5.75 Å². The van der Waals surface area contributed by atoms with Gasteiger partial charge in [-0.15, -0.1) is 0 Å². The van der Waals surface area contributed by atoms with E-state index in [1.807, 2.05) is 0 Å². The molecule has 70 valence electrons. The van der Waals surface area contributed by atoms with Crippen LogP contribution in [0.1, 0.15) is 5.56 Å². The molecule has 0 aliphatic carbocycles. The zero-order chi connectivity index (χ0) is 9.90. The van der Waals surface area contributed by atoms with E-state index in [4.69, 9.17) is 0 Å². The molecule has 1 aromatic rings. The average Bonchev–Trinajstić information content (AvgIpc) is 2.02. The molecule has 0 saturated heterocycles. The average molecular weight is 203 g/mol. The van der Waals surface area contributed by atoms with E-state index in [1.54, 1.807) is 18.2 Å². The lowest BCUT2D eigenvalue weighted by atomic mass is 10.2. The summed E-state index contributed by atoms with van der Waals surface area (Å²) >= 11 is 0. The lowest BCUT2D eigenvalue weighted by Gasteiger charge is -2.12. The molecule has 0 aliphatic rings. The van der Waals surface area contributed by atoms with Gasteiger partial charge in [-0.05, 0) is 6.07 Å². The van der Waals surface area contributed by atoms with Gasteiger partial charge in [0.05, 0.1) is 0 Å². The molecule has 13 heavy (non-hydrogen) atoms. The Morgan fingerprint density at radius 2 is 1.85 bits per heavy atom. The lowest BCUT2D eigenvalue weighted by molar-refractivity contribution is -1.91. The van der Waals surface area contributed by atoms with E-state index in [0.717, 1.165) is 0 Å². The van der Waals surface area contributed by atoms with Crippen molar-refractivity contribution in [3.05, 3.63) is 36.4 Å². The summed E-state index contributed by atoms with van der Waals surface area (Å²) in [5.41, 5.74) is 0.453. The zero-order valence-corrected chi connectivity index (χ0v) is 7.36. The van der Waals surface area contributed by atoms with Gasteiger partial charge in [0.2, 0.25) is 0 Å². The van der Waals surface area contributed by atoms with E-state index in [1.165, 1.54) is 12.1 Å². The molecule has 0 N–H and O–H groups in total. The Bertz CT molecular complexity index is 305. The molecule has 1 rings (SSSR count). The van der Waals surface area contributed by atoms with Gasteiger partial charge in [-0.1, -0.05) is 35.1 Å². The minimum atomic E-state index is -4.44. The highest BCUT2D eigenvalue weighted by atomic mass is 35.7. The molecule has 0 bridgehead atoms. The van der Waals surface area contributed by atoms with Crippen LogP contribution in [0.2, 0.25) is 0 Å². The third-order valence-corrected chi connectivity index (χ3v) is 1.67. The molecule has 0 atom stereocenters. The van der Waals surface area contributed by atoms with Crippen molar-refractivity contribution in [1.82, 2.24) is 0 Å². The van der Waals surface area contributed by atoms with Crippen LogP contribution in [0.15, 0.2) is 30.8 Å². The Balaban J connectivity index is 2.94. The van der Waals surface area contributed by atoms with Crippen molar-refractivity contribution in [2.45, 2.75) is 0 Å². The predicted molar refractivity (Wildman–Crippen MR) is 37.2 cm³/mol. The fourth-order valence-corrected chi connectivity index (χ4v) is 1.17. The highest BCUT2D eigenvalue weighted by Crippen LogP contribution is 2.20. The second kappa shape index (κ2) is 3.76. The zero-order valence-electron chi connectivity index (χ0n) is 6.60. The summed E-state index contributed by atoms with van der Waals surface area (Å²) < 4.78 is 34.8. The highest BCUT2D eigenvalue weighted by molar-refractivity contribution is 5.54. The first-order valence-electron chi connectivity index (χ1n) is 3.35. The van der Waals surface area contributed by atoms with Gasteiger partial charge in [-0.25, -0.2) is 0 Å². The Hall–Kier alpha value is -1.07. The molecule has 0 fully saturated rings. The Labute approximate surface area is 77.4 Å². The van der Waals surface area contributed by atoms with E-state index in [0.29, 0.717) is 5.56 Å². The fraction of sp³-hybridized carbons (Fsp3) is 0. The van der Waals surface area contributed by atoms with Crippen molar-refractivity contribution in [3.63, 3.8) is 0 Å². The largest absolute Gasteiger partial charge is 0.295 e. The van der Waals surface area contributed by atoms with Crippen molar-refractivity contribution in [1.29, 1.82) is 0 Å². The summed E-state index contributed by atoms with van der Waals surface area (Å²) in [7, 11) is -4.44. The number of para-hydroxylation sites is 1. The van der Waals surface area contributed by atoms with Crippen molar-refractivity contribution in [2.75, 3.05) is 0 Å². The van der Waals surface area contributed by atoms with Crippen LogP contribution >= 0.6 is 0 Å².